The molecular formula is C13H16ClN3S2. The van der Waals surface area contributed by atoms with E-state index < -0.39 is 0 Å². The van der Waals surface area contributed by atoms with Crippen LogP contribution in [0.2, 0.25) is 5.02 Å². The van der Waals surface area contributed by atoms with Gasteiger partial charge in [-0.25, -0.2) is 4.98 Å². The Bertz CT molecular complexity index is 649. The maximum atomic E-state index is 5.99. The van der Waals surface area contributed by atoms with Crippen molar-refractivity contribution in [3.05, 3.63) is 22.1 Å². The number of aromatic nitrogens is 3. The molecule has 0 spiro atoms. The minimum Gasteiger partial charge on any atom is -0.329 e. The summed E-state index contributed by atoms with van der Waals surface area (Å²) in [6, 6.07) is 2.34. The van der Waals surface area contributed by atoms with Gasteiger partial charge >= 0.3 is 0 Å². The summed E-state index contributed by atoms with van der Waals surface area (Å²) >= 11 is 13.4. The summed E-state index contributed by atoms with van der Waals surface area (Å²) in [6.07, 6.45) is 8.90. The van der Waals surface area contributed by atoms with Gasteiger partial charge in [-0.15, -0.1) is 0 Å². The van der Waals surface area contributed by atoms with E-state index in [1.165, 1.54) is 25.7 Å². The van der Waals surface area contributed by atoms with Gasteiger partial charge in [0.25, 0.3) is 0 Å². The SMILES string of the molecule is CSC1CCCCC1n1c(=S)[nH]c2cc(Cl)cnc21. The van der Waals surface area contributed by atoms with E-state index in [0.717, 1.165) is 15.9 Å². The average Bonchev–Trinajstić information content (AvgIpc) is 2.73. The van der Waals surface area contributed by atoms with Crippen LogP contribution in [0, 0.1) is 4.77 Å². The highest BCUT2D eigenvalue weighted by Gasteiger charge is 2.28. The number of halogens is 1. The number of fused-ring (bicyclic) bond motifs is 1. The van der Waals surface area contributed by atoms with E-state index in [4.69, 9.17) is 23.8 Å². The number of rotatable bonds is 2. The first-order valence-electron chi connectivity index (χ1n) is 6.49. The van der Waals surface area contributed by atoms with Crippen molar-refractivity contribution >= 4 is 46.7 Å². The maximum Gasteiger partial charge on any atom is 0.179 e. The summed E-state index contributed by atoms with van der Waals surface area (Å²) in [5.41, 5.74) is 1.86. The van der Waals surface area contributed by atoms with E-state index in [9.17, 15) is 0 Å². The highest BCUT2D eigenvalue weighted by Crippen LogP contribution is 2.37. The number of nitrogens with one attached hydrogen (secondary N) is 1. The van der Waals surface area contributed by atoms with Crippen molar-refractivity contribution in [2.75, 3.05) is 6.26 Å². The van der Waals surface area contributed by atoms with Gasteiger partial charge in [-0.05, 0) is 37.4 Å². The van der Waals surface area contributed by atoms with Gasteiger partial charge in [-0.2, -0.15) is 11.8 Å². The van der Waals surface area contributed by atoms with Gasteiger partial charge in [0.1, 0.15) is 0 Å². The zero-order valence-electron chi connectivity index (χ0n) is 10.7. The first-order valence-corrected chi connectivity index (χ1v) is 8.56. The van der Waals surface area contributed by atoms with Crippen molar-refractivity contribution in [1.82, 2.24) is 14.5 Å². The lowest BCUT2D eigenvalue weighted by atomic mass is 9.94. The average molecular weight is 314 g/mol. The van der Waals surface area contributed by atoms with Crippen LogP contribution in [0.5, 0.6) is 0 Å². The van der Waals surface area contributed by atoms with Crippen molar-refractivity contribution in [2.45, 2.75) is 37.0 Å². The molecule has 1 aliphatic carbocycles. The summed E-state index contributed by atoms with van der Waals surface area (Å²) in [4.78, 5) is 7.70. The van der Waals surface area contributed by atoms with Gasteiger partial charge in [0.2, 0.25) is 0 Å². The van der Waals surface area contributed by atoms with Gasteiger partial charge in [-0.3, -0.25) is 4.57 Å². The van der Waals surface area contributed by atoms with Crippen LogP contribution < -0.4 is 0 Å². The normalized spacial score (nSPS) is 23.9. The van der Waals surface area contributed by atoms with Crippen molar-refractivity contribution in [1.29, 1.82) is 0 Å². The Labute approximate surface area is 126 Å². The lowest BCUT2D eigenvalue weighted by molar-refractivity contribution is 0.367. The van der Waals surface area contributed by atoms with E-state index in [1.807, 2.05) is 17.8 Å². The molecular weight excluding hydrogens is 298 g/mol. The summed E-state index contributed by atoms with van der Waals surface area (Å²) in [5, 5.41) is 1.26. The number of thioether (sulfide) groups is 1. The first-order chi connectivity index (χ1) is 9.20. The van der Waals surface area contributed by atoms with Crippen LogP contribution in [0.15, 0.2) is 12.3 Å². The highest BCUT2D eigenvalue weighted by molar-refractivity contribution is 7.99. The molecule has 0 radical (unpaired) electrons. The molecule has 2 unspecified atom stereocenters. The zero-order valence-corrected chi connectivity index (χ0v) is 13.1. The smallest absolute Gasteiger partial charge is 0.179 e. The first kappa shape index (κ1) is 13.5. The fraction of sp³-hybridized carbons (Fsp3) is 0.538. The Morgan fingerprint density at radius 1 is 1.47 bits per heavy atom. The quantitative estimate of drug-likeness (QED) is 0.823. The Balaban J connectivity index is 2.13. The monoisotopic (exact) mass is 313 g/mol. The third kappa shape index (κ3) is 2.43. The lowest BCUT2D eigenvalue weighted by Gasteiger charge is -2.31. The Morgan fingerprint density at radius 2 is 2.26 bits per heavy atom. The lowest BCUT2D eigenvalue weighted by Crippen LogP contribution is -2.25. The Hall–Kier alpha value is -0.520. The van der Waals surface area contributed by atoms with E-state index in [2.05, 4.69) is 20.8 Å². The van der Waals surface area contributed by atoms with Crippen LogP contribution in [0.4, 0.5) is 0 Å². The van der Waals surface area contributed by atoms with Crippen LogP contribution in [-0.4, -0.2) is 26.0 Å². The number of aromatic amines is 1. The summed E-state index contributed by atoms with van der Waals surface area (Å²) < 4.78 is 2.96. The molecule has 1 N–H and O–H groups in total. The zero-order chi connectivity index (χ0) is 13.4. The number of hydrogen-bond donors (Lipinski definition) is 1. The maximum absolute atomic E-state index is 5.99. The molecule has 0 amide bonds. The number of hydrogen-bond acceptors (Lipinski definition) is 3. The molecule has 0 aromatic carbocycles. The number of nitrogens with zero attached hydrogens (tertiary/aromatic N) is 2. The molecule has 2 aromatic heterocycles. The van der Waals surface area contributed by atoms with Gasteiger partial charge in [0, 0.05) is 17.5 Å². The van der Waals surface area contributed by atoms with Crippen molar-refractivity contribution < 1.29 is 0 Å². The molecule has 2 atom stereocenters. The van der Waals surface area contributed by atoms with Gasteiger partial charge < -0.3 is 4.98 Å². The largest absolute Gasteiger partial charge is 0.329 e. The van der Waals surface area contributed by atoms with Gasteiger partial charge in [0.05, 0.1) is 10.5 Å². The molecule has 102 valence electrons. The van der Waals surface area contributed by atoms with E-state index in [-0.39, 0.29) is 0 Å². The summed E-state index contributed by atoms with van der Waals surface area (Å²) in [6.45, 7) is 0. The van der Waals surface area contributed by atoms with Gasteiger partial charge in [0.15, 0.2) is 10.4 Å². The third-order valence-electron chi connectivity index (χ3n) is 3.82. The minimum atomic E-state index is 0.443. The molecule has 1 fully saturated rings. The fourth-order valence-corrected chi connectivity index (χ4v) is 4.41. The third-order valence-corrected chi connectivity index (χ3v) is 5.48. The standard InChI is InChI=1S/C13H16ClN3S2/c1-19-11-5-3-2-4-10(11)17-12-9(16-13(17)18)6-8(14)7-15-12/h6-7,10-11H,2-5H2,1H3,(H,16,18). The molecule has 1 saturated carbocycles. The van der Waals surface area contributed by atoms with Crippen molar-refractivity contribution in [3.63, 3.8) is 0 Å². The van der Waals surface area contributed by atoms with Crippen molar-refractivity contribution in [3.8, 4) is 0 Å². The fourth-order valence-electron chi connectivity index (χ4n) is 2.94. The Morgan fingerprint density at radius 3 is 3.05 bits per heavy atom. The van der Waals surface area contributed by atoms with Crippen LogP contribution >= 0.6 is 35.6 Å². The molecule has 0 saturated heterocycles. The topological polar surface area (TPSA) is 33.6 Å². The predicted molar refractivity (Wildman–Crippen MR) is 84.7 cm³/mol. The molecule has 6 heteroatoms. The molecule has 3 rings (SSSR count). The van der Waals surface area contributed by atoms with E-state index >= 15 is 0 Å². The number of pyridine rings is 1. The molecule has 3 nitrogen and oxygen atoms in total. The molecule has 0 bridgehead atoms. The number of imidazole rings is 1. The molecule has 2 aromatic rings. The predicted octanol–water partition coefficient (Wildman–Crippen LogP) is 4.59. The van der Waals surface area contributed by atoms with Crippen LogP contribution in [0.1, 0.15) is 31.7 Å². The summed E-state index contributed by atoms with van der Waals surface area (Å²) in [7, 11) is 0. The second-order valence-electron chi connectivity index (χ2n) is 4.95. The highest BCUT2D eigenvalue weighted by atomic mass is 35.5. The van der Waals surface area contributed by atoms with E-state index in [1.54, 1.807) is 6.20 Å². The van der Waals surface area contributed by atoms with Crippen LogP contribution in [0.25, 0.3) is 11.2 Å². The van der Waals surface area contributed by atoms with E-state index in [0.29, 0.717) is 16.3 Å². The molecule has 0 aliphatic heterocycles. The molecule has 1 aliphatic rings. The second-order valence-corrected chi connectivity index (χ2v) is 6.85. The van der Waals surface area contributed by atoms with Gasteiger partial charge in [-0.1, -0.05) is 24.4 Å². The molecule has 19 heavy (non-hydrogen) atoms. The number of H-pyrrole nitrogens is 1. The molecule has 2 heterocycles. The second kappa shape index (κ2) is 5.46. The minimum absolute atomic E-state index is 0.443. The summed E-state index contributed by atoms with van der Waals surface area (Å²) in [5.74, 6) is 0. The van der Waals surface area contributed by atoms with Crippen molar-refractivity contribution in [2.24, 2.45) is 0 Å². The van der Waals surface area contributed by atoms with Crippen LogP contribution in [-0.2, 0) is 0 Å². The Kier molecular flexibility index (Phi) is 3.87. The van der Waals surface area contributed by atoms with Crippen LogP contribution in [0.3, 0.4) is 0 Å².